The third kappa shape index (κ3) is 4.08. The monoisotopic (exact) mass is 350 g/mol. The number of hydrogen-bond acceptors (Lipinski definition) is 2. The summed E-state index contributed by atoms with van der Waals surface area (Å²) in [4.78, 5) is 0. The average molecular weight is 351 g/mol. The minimum atomic E-state index is -0.483. The van der Waals surface area contributed by atoms with Crippen LogP contribution in [0.1, 0.15) is 12.5 Å². The summed E-state index contributed by atoms with van der Waals surface area (Å²) >= 11 is 3.28. The van der Waals surface area contributed by atoms with E-state index in [4.69, 9.17) is 9.47 Å². The number of hydrogen-bond donors (Lipinski definition) is 0. The second kappa shape index (κ2) is 7.27. The smallest absolute Gasteiger partial charge is 0.146 e. The summed E-state index contributed by atoms with van der Waals surface area (Å²) in [5.74, 6) is -0.483. The molecule has 104 valence electrons. The second-order valence-corrected chi connectivity index (χ2v) is 4.83. The molecule has 2 aromatic carbocycles. The van der Waals surface area contributed by atoms with Crippen molar-refractivity contribution < 1.29 is 26.5 Å². The van der Waals surface area contributed by atoms with Crippen LogP contribution in [0.4, 0.5) is 0 Å². The summed E-state index contributed by atoms with van der Waals surface area (Å²) in [7, 11) is 0. The molecule has 0 aromatic heterocycles. The summed E-state index contributed by atoms with van der Waals surface area (Å²) in [6.45, 7) is 3.35. The van der Waals surface area contributed by atoms with Crippen molar-refractivity contribution in [2.24, 2.45) is 0 Å². The molecule has 1 aliphatic heterocycles. The Morgan fingerprint density at radius 1 is 1.11 bits per heavy atom. The normalized spacial score (nSPS) is 16.6. The Bertz CT molecular complexity index is 417. The predicted molar refractivity (Wildman–Crippen MR) is 71.0 cm³/mol. The van der Waals surface area contributed by atoms with E-state index in [1.807, 2.05) is 55.5 Å². The summed E-state index contributed by atoms with van der Waals surface area (Å²) in [6.07, 6.45) is 0. The Kier molecular flexibility index (Phi) is 6.33. The quantitative estimate of drug-likeness (QED) is 0.575. The number of ether oxygens (including phenoxy) is 2. The zero-order chi connectivity index (χ0) is 12.1. The van der Waals surface area contributed by atoms with Crippen LogP contribution in [0.5, 0.6) is 0 Å². The molecular weight excluding hydrogens is 336 g/mol. The van der Waals surface area contributed by atoms with E-state index >= 15 is 0 Å². The van der Waals surface area contributed by atoms with E-state index in [1.165, 1.54) is 0 Å². The maximum absolute atomic E-state index is 5.46. The second-order valence-electron chi connectivity index (χ2n) is 3.92. The van der Waals surface area contributed by atoms with Crippen LogP contribution in [0.3, 0.4) is 0 Å². The van der Waals surface area contributed by atoms with Crippen molar-refractivity contribution in [3.05, 3.63) is 58.6 Å². The Hall–Kier alpha value is -0.381. The van der Waals surface area contributed by atoms with E-state index in [9.17, 15) is 0 Å². The molecule has 0 bridgehead atoms. The summed E-state index contributed by atoms with van der Waals surface area (Å²) in [5.41, 5.74) is 1.11. The van der Waals surface area contributed by atoms with Crippen molar-refractivity contribution in [2.45, 2.75) is 12.7 Å². The van der Waals surface area contributed by atoms with E-state index in [-0.39, 0.29) is 17.1 Å². The Morgan fingerprint density at radius 2 is 1.61 bits per heavy atom. The topological polar surface area (TPSA) is 18.5 Å². The standard InChI is InChI=1S/C9H11O2.C5H4Br.Fe/c1-9(10-6-7-11-9)8-4-2-3-5-8;6-5-3-1-2-4-5;/h2-5H,6-7H2,1H3;1-4H;/q-1;-5;. The molecular formula is C14H15BrFeO2-6. The molecule has 4 heteroatoms. The minimum Gasteiger partial charge on any atom is -0.747 e. The number of rotatable bonds is 1. The molecule has 0 unspecified atom stereocenters. The molecule has 0 N–H and O–H groups in total. The molecule has 3 rings (SSSR count). The predicted octanol–water partition coefficient (Wildman–Crippen LogP) is 3.79. The fourth-order valence-electron chi connectivity index (χ4n) is 1.71. The van der Waals surface area contributed by atoms with Crippen LogP contribution in [0.2, 0.25) is 0 Å². The largest absolute Gasteiger partial charge is 0.747 e. The molecule has 1 heterocycles. The van der Waals surface area contributed by atoms with Crippen molar-refractivity contribution in [3.63, 3.8) is 0 Å². The summed E-state index contributed by atoms with van der Waals surface area (Å²) in [5, 5.41) is 0. The van der Waals surface area contributed by atoms with Crippen LogP contribution >= 0.6 is 15.9 Å². The summed E-state index contributed by atoms with van der Waals surface area (Å²) < 4.78 is 12.1. The van der Waals surface area contributed by atoms with Gasteiger partial charge in [-0.3, -0.25) is 0 Å². The van der Waals surface area contributed by atoms with E-state index in [0.29, 0.717) is 13.2 Å². The Balaban J connectivity index is 0.000000199. The molecule has 0 spiro atoms. The fraction of sp³-hybridized carbons (Fsp3) is 0.286. The van der Waals surface area contributed by atoms with Gasteiger partial charge in [0.15, 0.2) is 0 Å². The molecule has 2 aromatic rings. The van der Waals surface area contributed by atoms with Gasteiger partial charge < -0.3 is 54.1 Å². The summed E-state index contributed by atoms with van der Waals surface area (Å²) in [6, 6.07) is 16.0. The molecule has 1 aliphatic rings. The number of halogens is 1. The third-order valence-corrected chi connectivity index (χ3v) is 3.18. The van der Waals surface area contributed by atoms with Crippen LogP contribution < -0.4 is 0 Å². The molecule has 0 saturated carbocycles. The van der Waals surface area contributed by atoms with Crippen molar-refractivity contribution in [2.75, 3.05) is 13.2 Å². The van der Waals surface area contributed by atoms with E-state index in [0.717, 1.165) is 10.0 Å². The molecule has 2 nitrogen and oxygen atoms in total. The van der Waals surface area contributed by atoms with Crippen molar-refractivity contribution in [3.8, 4) is 0 Å². The third-order valence-electron chi connectivity index (χ3n) is 2.65. The van der Waals surface area contributed by atoms with Gasteiger partial charge in [-0.1, -0.05) is 0 Å². The maximum atomic E-state index is 5.46. The van der Waals surface area contributed by atoms with Gasteiger partial charge in [0, 0.05) is 17.1 Å². The average Bonchev–Trinajstić information content (AvgIpc) is 2.98. The first-order chi connectivity index (χ1) is 8.21. The maximum Gasteiger partial charge on any atom is 0.146 e. The first-order valence-electron chi connectivity index (χ1n) is 5.58. The van der Waals surface area contributed by atoms with Gasteiger partial charge in [0.05, 0.1) is 13.2 Å². The van der Waals surface area contributed by atoms with Crippen LogP contribution in [0.25, 0.3) is 0 Å². The van der Waals surface area contributed by atoms with Crippen molar-refractivity contribution >= 4 is 15.9 Å². The molecule has 0 atom stereocenters. The van der Waals surface area contributed by atoms with E-state index < -0.39 is 5.79 Å². The van der Waals surface area contributed by atoms with E-state index in [2.05, 4.69) is 15.9 Å². The van der Waals surface area contributed by atoms with Crippen LogP contribution in [0.15, 0.2) is 53.0 Å². The van der Waals surface area contributed by atoms with Gasteiger partial charge in [-0.05, 0) is 6.92 Å². The molecule has 0 radical (unpaired) electrons. The molecule has 0 aliphatic carbocycles. The van der Waals surface area contributed by atoms with Crippen LogP contribution in [-0.2, 0) is 32.3 Å². The molecule has 18 heavy (non-hydrogen) atoms. The van der Waals surface area contributed by atoms with Crippen molar-refractivity contribution in [1.29, 1.82) is 0 Å². The minimum absolute atomic E-state index is 0. The van der Waals surface area contributed by atoms with E-state index in [1.54, 1.807) is 0 Å². The molecule has 1 saturated heterocycles. The molecule has 0 amide bonds. The van der Waals surface area contributed by atoms with Gasteiger partial charge in [0.25, 0.3) is 0 Å². The van der Waals surface area contributed by atoms with Gasteiger partial charge in [-0.25, -0.2) is 12.1 Å². The van der Waals surface area contributed by atoms with Gasteiger partial charge >= 0.3 is 0 Å². The fourth-order valence-corrected chi connectivity index (χ4v) is 2.01. The van der Waals surface area contributed by atoms with Crippen LogP contribution in [-0.4, -0.2) is 13.2 Å². The molecule has 1 fully saturated rings. The van der Waals surface area contributed by atoms with Crippen LogP contribution in [0, 0.1) is 0 Å². The van der Waals surface area contributed by atoms with Gasteiger partial charge in [-0.2, -0.15) is 12.1 Å². The Labute approximate surface area is 127 Å². The first kappa shape index (κ1) is 15.7. The Morgan fingerprint density at radius 3 is 2.00 bits per heavy atom. The zero-order valence-corrected chi connectivity index (χ0v) is 12.8. The zero-order valence-electron chi connectivity index (χ0n) is 10.1. The van der Waals surface area contributed by atoms with Gasteiger partial charge in [-0.15, -0.1) is 5.56 Å². The van der Waals surface area contributed by atoms with Gasteiger partial charge in [0.2, 0.25) is 0 Å². The van der Waals surface area contributed by atoms with Gasteiger partial charge in [0.1, 0.15) is 5.79 Å². The van der Waals surface area contributed by atoms with Crippen molar-refractivity contribution in [1.82, 2.24) is 0 Å². The SMILES string of the molecule is Br[c-]1[cH-][cH-][cH-][cH-]1.CC1([c-]2cccc2)OCCO1.[Fe]. The first-order valence-corrected chi connectivity index (χ1v) is 6.37.